The highest BCUT2D eigenvalue weighted by Crippen LogP contribution is 2.29. The van der Waals surface area contributed by atoms with Crippen LogP contribution in [0.1, 0.15) is 25.8 Å². The van der Waals surface area contributed by atoms with Crippen molar-refractivity contribution in [3.8, 4) is 0 Å². The minimum absolute atomic E-state index is 0.00154. The van der Waals surface area contributed by atoms with Crippen LogP contribution in [0.15, 0.2) is 53.3 Å². The van der Waals surface area contributed by atoms with Gasteiger partial charge in [0.2, 0.25) is 0 Å². The molecule has 0 atom stereocenters. The van der Waals surface area contributed by atoms with E-state index in [9.17, 15) is 9.59 Å². The zero-order valence-electron chi connectivity index (χ0n) is 15.4. The first-order valence-corrected chi connectivity index (χ1v) is 9.84. The molecular weight excluding hydrogens is 376 g/mol. The summed E-state index contributed by atoms with van der Waals surface area (Å²) in [6.45, 7) is 4.66. The third kappa shape index (κ3) is 3.77. The van der Waals surface area contributed by atoms with E-state index in [0.717, 1.165) is 24.5 Å². The summed E-state index contributed by atoms with van der Waals surface area (Å²) >= 11 is 1.29. The lowest BCUT2D eigenvalue weighted by molar-refractivity contribution is 0.0750. The van der Waals surface area contributed by atoms with Gasteiger partial charge in [-0.15, -0.1) is 11.3 Å². The third-order valence-corrected chi connectivity index (χ3v) is 5.77. The molecule has 0 saturated carbocycles. The van der Waals surface area contributed by atoms with Crippen LogP contribution in [0.5, 0.6) is 0 Å². The highest BCUT2D eigenvalue weighted by molar-refractivity contribution is 7.18. The maximum atomic E-state index is 13.0. The maximum Gasteiger partial charge on any atom is 0.291 e. The molecule has 0 radical (unpaired) electrons. The van der Waals surface area contributed by atoms with Gasteiger partial charge in [-0.2, -0.15) is 0 Å². The van der Waals surface area contributed by atoms with E-state index in [4.69, 9.17) is 4.42 Å². The van der Waals surface area contributed by atoms with Gasteiger partial charge in [0.25, 0.3) is 11.8 Å². The van der Waals surface area contributed by atoms with E-state index in [1.807, 2.05) is 36.1 Å². The number of hydrogen-bond donors (Lipinski definition) is 1. The Hall–Kier alpha value is -3.13. The van der Waals surface area contributed by atoms with Crippen LogP contribution in [0.25, 0.3) is 0 Å². The smallest absolute Gasteiger partial charge is 0.291 e. The molecule has 4 rings (SSSR count). The standard InChI is InChI=1S/C20H20N4O3S/c1-14-13-17(22-19(25)15-5-4-12-27-15)28-18(14)20(26)24-10-8-23(9-11-24)16-6-2-3-7-21-16/h2-7,12-13H,8-11H2,1H3,(H,22,25). The van der Waals surface area contributed by atoms with E-state index >= 15 is 0 Å². The quantitative estimate of drug-likeness (QED) is 0.732. The molecule has 0 spiro atoms. The van der Waals surface area contributed by atoms with Crippen molar-refractivity contribution in [3.05, 3.63) is 65.1 Å². The molecule has 1 fully saturated rings. The number of rotatable bonds is 4. The van der Waals surface area contributed by atoms with E-state index < -0.39 is 0 Å². The van der Waals surface area contributed by atoms with Gasteiger partial charge in [-0.1, -0.05) is 6.07 Å². The van der Waals surface area contributed by atoms with Crippen molar-refractivity contribution in [2.24, 2.45) is 0 Å². The second-order valence-corrected chi connectivity index (χ2v) is 7.57. The summed E-state index contributed by atoms with van der Waals surface area (Å²) in [5.74, 6) is 0.852. The number of carbonyl (C=O) groups excluding carboxylic acids is 2. The molecule has 28 heavy (non-hydrogen) atoms. The van der Waals surface area contributed by atoms with E-state index in [0.29, 0.717) is 23.0 Å². The Morgan fingerprint density at radius 1 is 1.14 bits per heavy atom. The van der Waals surface area contributed by atoms with Gasteiger partial charge in [-0.25, -0.2) is 4.98 Å². The Balaban J connectivity index is 1.40. The molecule has 0 aromatic carbocycles. The number of thiophene rings is 1. The molecule has 8 heteroatoms. The SMILES string of the molecule is Cc1cc(NC(=O)c2ccco2)sc1C(=O)N1CCN(c2ccccn2)CC1. The molecule has 3 aromatic rings. The Kier molecular flexibility index (Phi) is 5.12. The molecule has 1 aliphatic rings. The fourth-order valence-electron chi connectivity index (χ4n) is 3.16. The molecule has 1 saturated heterocycles. The average Bonchev–Trinajstić information content (AvgIpc) is 3.38. The van der Waals surface area contributed by atoms with E-state index in [1.165, 1.54) is 17.6 Å². The highest BCUT2D eigenvalue weighted by Gasteiger charge is 2.25. The molecule has 0 bridgehead atoms. The largest absolute Gasteiger partial charge is 0.459 e. The highest BCUT2D eigenvalue weighted by atomic mass is 32.1. The summed E-state index contributed by atoms with van der Waals surface area (Å²) in [4.78, 5) is 34.2. The van der Waals surface area contributed by atoms with Crippen LogP contribution >= 0.6 is 11.3 Å². The molecule has 1 N–H and O–H groups in total. The summed E-state index contributed by atoms with van der Waals surface area (Å²) in [5, 5.41) is 3.42. The zero-order valence-corrected chi connectivity index (χ0v) is 16.2. The zero-order chi connectivity index (χ0) is 19.5. The van der Waals surface area contributed by atoms with Crippen LogP contribution in [-0.2, 0) is 0 Å². The number of nitrogens with one attached hydrogen (secondary N) is 1. The Bertz CT molecular complexity index is 961. The van der Waals surface area contributed by atoms with Crippen molar-refractivity contribution >= 4 is 34.0 Å². The van der Waals surface area contributed by atoms with Gasteiger partial charge >= 0.3 is 0 Å². The van der Waals surface area contributed by atoms with Crippen molar-refractivity contribution in [2.45, 2.75) is 6.92 Å². The number of hydrogen-bond acceptors (Lipinski definition) is 6. The number of anilines is 2. The monoisotopic (exact) mass is 396 g/mol. The summed E-state index contributed by atoms with van der Waals surface area (Å²) in [5.41, 5.74) is 0.858. The summed E-state index contributed by atoms with van der Waals surface area (Å²) in [7, 11) is 0. The Morgan fingerprint density at radius 2 is 1.96 bits per heavy atom. The van der Waals surface area contributed by atoms with Crippen LogP contribution < -0.4 is 10.2 Å². The van der Waals surface area contributed by atoms with E-state index in [2.05, 4.69) is 15.2 Å². The van der Waals surface area contributed by atoms with Crippen LogP contribution in [0.2, 0.25) is 0 Å². The predicted molar refractivity (Wildman–Crippen MR) is 108 cm³/mol. The van der Waals surface area contributed by atoms with Crippen LogP contribution in [-0.4, -0.2) is 47.9 Å². The van der Waals surface area contributed by atoms with E-state index in [1.54, 1.807) is 18.3 Å². The Labute approximate surface area is 166 Å². The van der Waals surface area contributed by atoms with Gasteiger partial charge in [0, 0.05) is 32.4 Å². The molecule has 3 aromatic heterocycles. The molecule has 1 aliphatic heterocycles. The van der Waals surface area contributed by atoms with Gasteiger partial charge in [0.05, 0.1) is 16.1 Å². The lowest BCUT2D eigenvalue weighted by atomic mass is 10.2. The number of aromatic nitrogens is 1. The first-order valence-electron chi connectivity index (χ1n) is 9.02. The second kappa shape index (κ2) is 7.85. The number of aryl methyl sites for hydroxylation is 1. The number of carbonyl (C=O) groups is 2. The maximum absolute atomic E-state index is 13.0. The van der Waals surface area contributed by atoms with Crippen LogP contribution in [0, 0.1) is 6.92 Å². The van der Waals surface area contributed by atoms with Crippen LogP contribution in [0.3, 0.4) is 0 Å². The first-order chi connectivity index (χ1) is 13.6. The predicted octanol–water partition coefficient (Wildman–Crippen LogP) is 3.26. The normalized spacial score (nSPS) is 14.2. The lowest BCUT2D eigenvalue weighted by Crippen LogP contribution is -2.49. The van der Waals surface area contributed by atoms with Crippen molar-refractivity contribution in [3.63, 3.8) is 0 Å². The molecule has 0 unspecified atom stereocenters. The molecule has 144 valence electrons. The Morgan fingerprint density at radius 3 is 2.64 bits per heavy atom. The summed E-state index contributed by atoms with van der Waals surface area (Å²) in [6, 6.07) is 10.9. The van der Waals surface area contributed by atoms with Crippen LogP contribution in [0.4, 0.5) is 10.8 Å². The number of pyridine rings is 1. The average molecular weight is 396 g/mol. The van der Waals surface area contributed by atoms with Gasteiger partial charge in [0.15, 0.2) is 5.76 Å². The van der Waals surface area contributed by atoms with Crippen molar-refractivity contribution in [1.82, 2.24) is 9.88 Å². The second-order valence-electron chi connectivity index (χ2n) is 6.52. The van der Waals surface area contributed by atoms with Gasteiger partial charge in [-0.3, -0.25) is 9.59 Å². The minimum atomic E-state index is -0.325. The number of piperazine rings is 1. The molecule has 2 amide bonds. The number of nitrogens with zero attached hydrogens (tertiary/aromatic N) is 3. The molecule has 4 heterocycles. The fraction of sp³-hybridized carbons (Fsp3) is 0.250. The van der Waals surface area contributed by atoms with Crippen molar-refractivity contribution in [1.29, 1.82) is 0 Å². The minimum Gasteiger partial charge on any atom is -0.459 e. The molecule has 0 aliphatic carbocycles. The van der Waals surface area contributed by atoms with Gasteiger partial charge in [0.1, 0.15) is 5.82 Å². The lowest BCUT2D eigenvalue weighted by Gasteiger charge is -2.35. The summed E-state index contributed by atoms with van der Waals surface area (Å²) in [6.07, 6.45) is 3.23. The molecular formula is C20H20N4O3S. The number of amides is 2. The topological polar surface area (TPSA) is 78.7 Å². The van der Waals surface area contributed by atoms with Crippen molar-refractivity contribution in [2.75, 3.05) is 36.4 Å². The third-order valence-electron chi connectivity index (χ3n) is 4.63. The molecule has 7 nitrogen and oxygen atoms in total. The van der Waals surface area contributed by atoms with Gasteiger partial charge in [-0.05, 0) is 42.8 Å². The first kappa shape index (κ1) is 18.2. The fourth-order valence-corrected chi connectivity index (χ4v) is 4.20. The van der Waals surface area contributed by atoms with Gasteiger partial charge < -0.3 is 19.5 Å². The van der Waals surface area contributed by atoms with Crippen molar-refractivity contribution < 1.29 is 14.0 Å². The summed E-state index contributed by atoms with van der Waals surface area (Å²) < 4.78 is 5.10. The van der Waals surface area contributed by atoms with E-state index in [-0.39, 0.29) is 17.6 Å². The number of furan rings is 1.